The predicted molar refractivity (Wildman–Crippen MR) is 226 cm³/mol. The Labute approximate surface area is 365 Å². The average Bonchev–Trinajstić information content (AvgIpc) is 3.97. The van der Waals surface area contributed by atoms with Crippen LogP contribution < -0.4 is 19.1 Å². The van der Waals surface area contributed by atoms with Crippen LogP contribution in [-0.2, 0) is 22.5 Å². The fourth-order valence-corrected chi connectivity index (χ4v) is 10.7. The van der Waals surface area contributed by atoms with Crippen LogP contribution in [0, 0.1) is 17.0 Å². The van der Waals surface area contributed by atoms with Crippen LogP contribution in [0.25, 0.3) is 0 Å². The Morgan fingerprint density at radius 1 is 0.951 bits per heavy atom. The van der Waals surface area contributed by atoms with E-state index in [0.29, 0.717) is 34.0 Å². The lowest BCUT2D eigenvalue weighted by molar-refractivity contribution is -0.605. The van der Waals surface area contributed by atoms with Gasteiger partial charge in [-0.05, 0) is 105 Å². The van der Waals surface area contributed by atoms with Crippen LogP contribution in [0.5, 0.6) is 11.5 Å². The van der Waals surface area contributed by atoms with Crippen molar-refractivity contribution in [2.24, 2.45) is 11.8 Å². The van der Waals surface area contributed by atoms with Crippen LogP contribution in [-0.4, -0.2) is 89.0 Å². The summed E-state index contributed by atoms with van der Waals surface area (Å²) in [5, 5.41) is 23.5. The molecule has 5 aliphatic rings. The van der Waals surface area contributed by atoms with Gasteiger partial charge in [-0.25, -0.2) is 9.59 Å². The molecule has 4 aliphatic heterocycles. The van der Waals surface area contributed by atoms with Gasteiger partial charge >= 0.3 is 18.7 Å². The number of piperidine rings is 3. The number of fused-ring (bicyclic) bond motifs is 3. The van der Waals surface area contributed by atoms with Gasteiger partial charge in [-0.1, -0.05) is 59.6 Å². The molecule has 61 heavy (non-hydrogen) atoms. The molecule has 12 nitrogen and oxygen atoms in total. The van der Waals surface area contributed by atoms with Crippen molar-refractivity contribution in [2.45, 2.75) is 62.2 Å². The van der Waals surface area contributed by atoms with E-state index in [0.717, 1.165) is 62.9 Å². The number of thioether (sulfide) groups is 1. The number of ether oxygens (including phenoxy) is 3. The molecular formula is C44H44Cl2F2N4O8S. The first kappa shape index (κ1) is 42.8. The van der Waals surface area contributed by atoms with Gasteiger partial charge in [0.25, 0.3) is 5.91 Å². The van der Waals surface area contributed by atoms with Crippen molar-refractivity contribution in [3.63, 3.8) is 0 Å². The highest BCUT2D eigenvalue weighted by Crippen LogP contribution is 2.51. The number of carbonyl (C=O) groups excluding carboxylic acids is 2. The Hall–Kier alpha value is -4.83. The highest BCUT2D eigenvalue weighted by Gasteiger charge is 2.57. The molecule has 5 fully saturated rings. The first-order valence-corrected chi connectivity index (χ1v) is 22.0. The molecule has 1 aliphatic carbocycles. The number of carboxylic acids is 1. The summed E-state index contributed by atoms with van der Waals surface area (Å²) < 4.78 is 44.5. The van der Waals surface area contributed by atoms with Gasteiger partial charge in [0, 0.05) is 41.6 Å². The molecule has 4 saturated heterocycles. The van der Waals surface area contributed by atoms with Crippen molar-refractivity contribution in [1.29, 1.82) is 0 Å². The minimum atomic E-state index is -3.15. The average molecular weight is 898 g/mol. The topological polar surface area (TPSA) is 136 Å². The van der Waals surface area contributed by atoms with Crippen molar-refractivity contribution in [3.05, 3.63) is 123 Å². The van der Waals surface area contributed by atoms with Gasteiger partial charge in [0.2, 0.25) is 0 Å². The van der Waals surface area contributed by atoms with Crippen LogP contribution in [0.3, 0.4) is 0 Å². The molecule has 3 atom stereocenters. The zero-order valence-corrected chi connectivity index (χ0v) is 35.3. The van der Waals surface area contributed by atoms with Crippen LogP contribution in [0.15, 0.2) is 85.2 Å². The zero-order valence-electron chi connectivity index (χ0n) is 33.0. The summed E-state index contributed by atoms with van der Waals surface area (Å²) in [6.07, 6.45) is 5.07. The van der Waals surface area contributed by atoms with E-state index < -0.39 is 35.4 Å². The minimum absolute atomic E-state index is 0.0125. The van der Waals surface area contributed by atoms with Crippen molar-refractivity contribution in [2.75, 3.05) is 43.4 Å². The van der Waals surface area contributed by atoms with Crippen molar-refractivity contribution < 1.29 is 47.2 Å². The maximum atomic E-state index is 14.9. The Kier molecular flexibility index (Phi) is 12.8. The van der Waals surface area contributed by atoms with Crippen LogP contribution in [0.2, 0.25) is 10.0 Å². The second-order valence-corrected chi connectivity index (χ2v) is 18.0. The lowest BCUT2D eigenvalue weighted by Crippen LogP contribution is -2.55. The Morgan fingerprint density at radius 2 is 1.69 bits per heavy atom. The Morgan fingerprint density at radius 3 is 2.34 bits per heavy atom. The molecule has 0 spiro atoms. The molecule has 4 aromatic rings. The van der Waals surface area contributed by atoms with Crippen molar-refractivity contribution >= 4 is 58.6 Å². The Balaban J connectivity index is 1.14. The molecule has 5 heterocycles. The molecule has 2 bridgehead atoms. The number of pyridine rings is 1. The van der Waals surface area contributed by atoms with Crippen molar-refractivity contribution in [3.8, 4) is 11.5 Å². The largest absolute Gasteiger partial charge is 0.619 e. The first-order valence-electron chi connectivity index (χ1n) is 20.2. The summed E-state index contributed by atoms with van der Waals surface area (Å²) in [4.78, 5) is 45.8. The smallest absolute Gasteiger partial charge is 0.414 e. The number of nitrogens with zero attached hydrogens (tertiary/aromatic N) is 4. The molecule has 322 valence electrons. The quantitative estimate of drug-likeness (QED) is 0.0918. The standard InChI is InChI=1S/C44H44Cl2F2N4O8S/c45-35-23-50(57)24-36(46)33(35)21-34(30-11-12-37(59-42(47)48)38(20-30)58-26-27-9-10-27)44(41(54)55)52(17-18-61-44)40(53)31-6-4-5-28(19-31)22-51(32-7-2-1-3-8-32)43(56)60-39-25-49-15-13-29(39)14-16-49/h1-8,11-12,19-20,23-24,27,29,34,39,42H,9-10,13-18,21-22,25-26H2,(H,54,55)/t34-,39-,44-/m0/s1. The fraction of sp³-hybridized carbons (Fsp3) is 0.409. The zero-order chi connectivity index (χ0) is 42.8. The number of halogens is 4. The van der Waals surface area contributed by atoms with Gasteiger partial charge < -0.3 is 29.4 Å². The number of anilines is 1. The monoisotopic (exact) mass is 896 g/mol. The summed E-state index contributed by atoms with van der Waals surface area (Å²) in [7, 11) is 0. The summed E-state index contributed by atoms with van der Waals surface area (Å²) >= 11 is 14.2. The number of hydrogen-bond acceptors (Lipinski definition) is 9. The number of benzene rings is 3. The van der Waals surface area contributed by atoms with Crippen LogP contribution in [0.4, 0.5) is 19.3 Å². The molecule has 0 unspecified atom stereocenters. The van der Waals surface area contributed by atoms with E-state index in [9.17, 15) is 33.5 Å². The van der Waals surface area contributed by atoms with E-state index in [4.69, 9.17) is 37.4 Å². The lowest BCUT2D eigenvalue weighted by atomic mass is 9.83. The fourth-order valence-electron chi connectivity index (χ4n) is 8.60. The number of hydrogen-bond donors (Lipinski definition) is 1. The highest BCUT2D eigenvalue weighted by atomic mass is 35.5. The van der Waals surface area contributed by atoms with Gasteiger partial charge in [-0.15, -0.1) is 11.8 Å². The van der Waals surface area contributed by atoms with Gasteiger partial charge in [0.05, 0.1) is 13.2 Å². The molecule has 3 aromatic carbocycles. The number of para-hydroxylation sites is 1. The van der Waals surface area contributed by atoms with Gasteiger partial charge in [0.15, 0.2) is 28.8 Å². The SMILES string of the molecule is O=C(O[C@H]1CN2CCC1CC2)N(Cc1cccc(C(=O)N2CCS[C@]2(C(=O)O)[C@@H](Cc2c(Cl)c[n+]([O-])cc2Cl)c2ccc(OC(F)F)c(OCC3CC3)c2)c1)c1ccccc1. The van der Waals surface area contributed by atoms with E-state index in [2.05, 4.69) is 4.90 Å². The first-order chi connectivity index (χ1) is 29.4. The van der Waals surface area contributed by atoms with Gasteiger partial charge in [-0.2, -0.15) is 13.5 Å². The number of carbonyl (C=O) groups is 3. The van der Waals surface area contributed by atoms with Crippen molar-refractivity contribution in [1.82, 2.24) is 9.80 Å². The maximum Gasteiger partial charge on any atom is 0.414 e. The van der Waals surface area contributed by atoms with Gasteiger partial charge in [-0.3, -0.25) is 14.6 Å². The van der Waals surface area contributed by atoms with Gasteiger partial charge in [0.1, 0.15) is 16.1 Å². The number of amides is 2. The molecule has 1 N–H and O–H groups in total. The molecule has 1 aromatic heterocycles. The number of alkyl halides is 2. The summed E-state index contributed by atoms with van der Waals surface area (Å²) in [5.74, 6) is -2.53. The number of aliphatic carboxylic acids is 1. The molecular weight excluding hydrogens is 853 g/mol. The molecule has 9 rings (SSSR count). The van der Waals surface area contributed by atoms with Crippen LogP contribution in [0.1, 0.15) is 58.6 Å². The predicted octanol–water partition coefficient (Wildman–Crippen LogP) is 8.25. The molecule has 1 saturated carbocycles. The van der Waals surface area contributed by atoms with E-state index in [1.54, 1.807) is 24.3 Å². The third-order valence-electron chi connectivity index (χ3n) is 11.9. The number of carboxylic acid groups (broad SMARTS) is 1. The molecule has 2 amide bonds. The highest BCUT2D eigenvalue weighted by molar-refractivity contribution is 8.01. The minimum Gasteiger partial charge on any atom is -0.619 e. The molecule has 0 radical (unpaired) electrons. The summed E-state index contributed by atoms with van der Waals surface area (Å²) in [5.41, 5.74) is 1.97. The number of aromatic nitrogens is 1. The Bertz CT molecular complexity index is 2240. The lowest BCUT2D eigenvalue weighted by Gasteiger charge is -2.44. The summed E-state index contributed by atoms with van der Waals surface area (Å²) in [6, 6.07) is 20.0. The van der Waals surface area contributed by atoms with Crippen LogP contribution >= 0.6 is 35.0 Å². The molecule has 17 heteroatoms. The second kappa shape index (κ2) is 18.3. The van der Waals surface area contributed by atoms with E-state index in [1.807, 2.05) is 30.3 Å². The third kappa shape index (κ3) is 9.35. The third-order valence-corrected chi connectivity index (χ3v) is 14.1. The second-order valence-electron chi connectivity index (χ2n) is 15.9. The van der Waals surface area contributed by atoms with E-state index in [1.165, 1.54) is 28.0 Å². The number of rotatable bonds is 15. The maximum absolute atomic E-state index is 14.9. The summed E-state index contributed by atoms with van der Waals surface area (Å²) in [6.45, 7) is -0.134. The van der Waals surface area contributed by atoms with E-state index in [-0.39, 0.29) is 76.6 Å². The van der Waals surface area contributed by atoms with E-state index >= 15 is 0 Å². The normalized spacial score (nSPS) is 22.5.